The fraction of sp³-hybridized carbons (Fsp3) is 0.261. The van der Waals surface area contributed by atoms with Crippen LogP contribution in [0.25, 0.3) is 11.0 Å². The highest BCUT2D eigenvalue weighted by Gasteiger charge is 2.14. The molecule has 168 valence electrons. The monoisotopic (exact) mass is 441 g/mol. The van der Waals surface area contributed by atoms with E-state index in [9.17, 15) is 14.4 Å². The zero-order valence-corrected chi connectivity index (χ0v) is 17.7. The molecule has 0 radical (unpaired) electrons. The Hall–Kier alpha value is -3.85. The van der Waals surface area contributed by atoms with Gasteiger partial charge in [-0.05, 0) is 48.9 Å². The van der Waals surface area contributed by atoms with Gasteiger partial charge in [0.05, 0.1) is 7.11 Å². The molecule has 0 atom stereocenters. The van der Waals surface area contributed by atoms with Crippen molar-refractivity contribution in [2.75, 3.05) is 34.0 Å². The van der Waals surface area contributed by atoms with E-state index in [1.54, 1.807) is 44.6 Å². The second-order valence-electron chi connectivity index (χ2n) is 6.69. The number of methoxy groups -OCH3 is 2. The molecule has 0 aliphatic heterocycles. The number of amides is 1. The number of hydrogen-bond acceptors (Lipinski definition) is 8. The molecule has 3 aromatic rings. The molecule has 32 heavy (non-hydrogen) atoms. The lowest BCUT2D eigenvalue weighted by molar-refractivity contribution is -0.136. The van der Waals surface area contributed by atoms with Gasteiger partial charge in [0.15, 0.2) is 6.61 Å². The Balaban J connectivity index is 1.62. The summed E-state index contributed by atoms with van der Waals surface area (Å²) in [5.41, 5.74) is -0.701. The molecule has 0 spiro atoms. The third kappa shape index (κ3) is 6.08. The maximum Gasteiger partial charge on any atom is 0.349 e. The summed E-state index contributed by atoms with van der Waals surface area (Å²) in [4.78, 5) is 36.5. The number of carbonyl (C=O) groups excluding carboxylic acids is 2. The van der Waals surface area contributed by atoms with Crippen LogP contribution in [0.2, 0.25) is 0 Å². The van der Waals surface area contributed by atoms with Crippen molar-refractivity contribution >= 4 is 22.8 Å². The first-order valence-corrected chi connectivity index (χ1v) is 9.82. The van der Waals surface area contributed by atoms with E-state index in [2.05, 4.69) is 5.32 Å². The lowest BCUT2D eigenvalue weighted by Crippen LogP contribution is -2.29. The van der Waals surface area contributed by atoms with E-state index >= 15 is 0 Å². The second-order valence-corrected chi connectivity index (χ2v) is 6.69. The molecule has 9 heteroatoms. The van der Waals surface area contributed by atoms with Crippen LogP contribution in [0, 0.1) is 0 Å². The van der Waals surface area contributed by atoms with Crippen molar-refractivity contribution in [1.82, 2.24) is 5.32 Å². The van der Waals surface area contributed by atoms with E-state index in [-0.39, 0.29) is 23.5 Å². The Kier molecular flexibility index (Phi) is 7.82. The summed E-state index contributed by atoms with van der Waals surface area (Å²) >= 11 is 0. The molecule has 1 aromatic heterocycles. The Bertz CT molecular complexity index is 1140. The first kappa shape index (κ1) is 22.8. The van der Waals surface area contributed by atoms with Gasteiger partial charge < -0.3 is 28.7 Å². The van der Waals surface area contributed by atoms with Crippen LogP contribution < -0.4 is 25.2 Å². The van der Waals surface area contributed by atoms with Crippen molar-refractivity contribution in [3.05, 3.63) is 64.5 Å². The average Bonchev–Trinajstić information content (AvgIpc) is 2.80. The fourth-order valence-electron chi connectivity index (χ4n) is 2.80. The van der Waals surface area contributed by atoms with Gasteiger partial charge in [0.25, 0.3) is 5.91 Å². The van der Waals surface area contributed by atoms with Gasteiger partial charge in [-0.25, -0.2) is 9.59 Å². The highest BCUT2D eigenvalue weighted by Crippen LogP contribution is 2.21. The summed E-state index contributed by atoms with van der Waals surface area (Å²) in [7, 11) is 3.12. The van der Waals surface area contributed by atoms with Gasteiger partial charge in [0, 0.05) is 31.7 Å². The van der Waals surface area contributed by atoms with Crippen LogP contribution in [-0.4, -0.2) is 45.9 Å². The van der Waals surface area contributed by atoms with Crippen LogP contribution in [0.15, 0.2) is 57.7 Å². The highest BCUT2D eigenvalue weighted by molar-refractivity contribution is 5.96. The predicted octanol–water partition coefficient (Wildman–Crippen LogP) is 2.55. The zero-order chi connectivity index (χ0) is 22.9. The molecular weight excluding hydrogens is 418 g/mol. The van der Waals surface area contributed by atoms with Crippen molar-refractivity contribution in [3.63, 3.8) is 0 Å². The van der Waals surface area contributed by atoms with E-state index < -0.39 is 17.5 Å². The Morgan fingerprint density at radius 1 is 0.969 bits per heavy atom. The lowest BCUT2D eigenvalue weighted by Gasteiger charge is -2.08. The van der Waals surface area contributed by atoms with Crippen LogP contribution in [0.3, 0.4) is 0 Å². The minimum atomic E-state index is -0.784. The van der Waals surface area contributed by atoms with Crippen LogP contribution in [-0.2, 0) is 9.53 Å². The quantitative estimate of drug-likeness (QED) is 0.221. The molecule has 1 N–H and O–H groups in total. The van der Waals surface area contributed by atoms with E-state index in [0.717, 1.165) is 0 Å². The minimum absolute atomic E-state index is 0.104. The number of hydrogen-bond donors (Lipinski definition) is 1. The normalized spacial score (nSPS) is 10.6. The molecule has 0 saturated carbocycles. The lowest BCUT2D eigenvalue weighted by atomic mass is 10.1. The van der Waals surface area contributed by atoms with Crippen LogP contribution in [0.5, 0.6) is 17.2 Å². The van der Waals surface area contributed by atoms with Gasteiger partial charge >= 0.3 is 11.6 Å². The smallest absolute Gasteiger partial charge is 0.349 e. The third-order valence-electron chi connectivity index (χ3n) is 4.41. The molecule has 3 rings (SSSR count). The maximum absolute atomic E-state index is 12.2. The van der Waals surface area contributed by atoms with Crippen molar-refractivity contribution in [2.24, 2.45) is 0 Å². The number of ether oxygens (including phenoxy) is 4. The van der Waals surface area contributed by atoms with Crippen molar-refractivity contribution in [2.45, 2.75) is 6.42 Å². The third-order valence-corrected chi connectivity index (χ3v) is 4.41. The van der Waals surface area contributed by atoms with Crippen molar-refractivity contribution in [1.29, 1.82) is 0 Å². The molecule has 0 unspecified atom stereocenters. The molecule has 2 aromatic carbocycles. The summed E-state index contributed by atoms with van der Waals surface area (Å²) in [6.45, 7) is 0.563. The Morgan fingerprint density at radius 2 is 1.69 bits per heavy atom. The second kappa shape index (κ2) is 11.0. The number of esters is 1. The SMILES string of the molecule is COCCCNC(=O)c1cc2ccc(OC(=O)COc3ccc(OC)cc3)cc2oc1=O. The van der Waals surface area contributed by atoms with Crippen LogP contribution >= 0.6 is 0 Å². The molecule has 0 aliphatic rings. The summed E-state index contributed by atoms with van der Waals surface area (Å²) in [5.74, 6) is 0.183. The molecule has 0 fully saturated rings. The molecular formula is C23H23NO8. The Morgan fingerprint density at radius 3 is 2.41 bits per heavy atom. The standard InChI is InChI=1S/C23H23NO8/c1-28-11-3-10-24-22(26)19-12-15-4-5-18(13-20(15)32-23(19)27)31-21(25)14-30-17-8-6-16(29-2)7-9-17/h4-9,12-13H,3,10-11,14H2,1-2H3,(H,24,26). The zero-order valence-electron chi connectivity index (χ0n) is 17.7. The first-order valence-electron chi connectivity index (χ1n) is 9.82. The Labute approximate surface area is 183 Å². The number of nitrogens with one attached hydrogen (secondary N) is 1. The van der Waals surface area contributed by atoms with Crippen molar-refractivity contribution < 1.29 is 33.0 Å². The van der Waals surface area contributed by atoms with Crippen LogP contribution in [0.1, 0.15) is 16.8 Å². The van der Waals surface area contributed by atoms with Crippen molar-refractivity contribution in [3.8, 4) is 17.2 Å². The summed E-state index contributed by atoms with van der Waals surface area (Å²) in [6.07, 6.45) is 0.623. The van der Waals surface area contributed by atoms with Crippen LogP contribution in [0.4, 0.5) is 0 Å². The summed E-state index contributed by atoms with van der Waals surface area (Å²) in [6, 6.07) is 12.7. The van der Waals surface area contributed by atoms with Gasteiger partial charge in [0.2, 0.25) is 0 Å². The van der Waals surface area contributed by atoms with E-state index in [1.165, 1.54) is 18.2 Å². The van der Waals surface area contributed by atoms with Gasteiger partial charge in [-0.15, -0.1) is 0 Å². The molecule has 0 saturated heterocycles. The number of carbonyl (C=O) groups is 2. The molecule has 0 bridgehead atoms. The molecule has 1 amide bonds. The summed E-state index contributed by atoms with van der Waals surface area (Å²) < 4.78 is 25.8. The number of benzene rings is 2. The number of fused-ring (bicyclic) bond motifs is 1. The van der Waals surface area contributed by atoms with Gasteiger partial charge in [-0.1, -0.05) is 0 Å². The number of rotatable bonds is 10. The predicted molar refractivity (Wildman–Crippen MR) is 115 cm³/mol. The summed E-state index contributed by atoms with van der Waals surface area (Å²) in [5, 5.41) is 3.16. The molecule has 0 aliphatic carbocycles. The molecule has 9 nitrogen and oxygen atoms in total. The van der Waals surface area contributed by atoms with Gasteiger partial charge in [0.1, 0.15) is 28.4 Å². The van der Waals surface area contributed by atoms with E-state index in [4.69, 9.17) is 23.4 Å². The minimum Gasteiger partial charge on any atom is -0.497 e. The largest absolute Gasteiger partial charge is 0.497 e. The van der Waals surface area contributed by atoms with Gasteiger partial charge in [-0.2, -0.15) is 0 Å². The maximum atomic E-state index is 12.2. The molecule has 1 heterocycles. The van der Waals surface area contributed by atoms with Gasteiger partial charge in [-0.3, -0.25) is 4.79 Å². The highest BCUT2D eigenvalue weighted by atomic mass is 16.6. The topological polar surface area (TPSA) is 113 Å². The fourth-order valence-corrected chi connectivity index (χ4v) is 2.80. The average molecular weight is 441 g/mol. The van der Waals surface area contributed by atoms with E-state index in [0.29, 0.717) is 36.5 Å². The first-order chi connectivity index (χ1) is 15.5. The van der Waals surface area contributed by atoms with E-state index in [1.807, 2.05) is 0 Å².